The van der Waals surface area contributed by atoms with E-state index in [1.165, 1.54) is 4.90 Å². The molecule has 3 N–H and O–H groups in total. The molecule has 1 amide bonds. The molecule has 1 aromatic heterocycles. The number of aromatic nitrogens is 2. The van der Waals surface area contributed by atoms with E-state index in [1.807, 2.05) is 6.92 Å². The Labute approximate surface area is 144 Å². The van der Waals surface area contributed by atoms with E-state index in [0.29, 0.717) is 48.6 Å². The Hall–Kier alpha value is -1.67. The molecular weight excluding hydrogens is 364 g/mol. The second-order valence-corrected chi connectivity index (χ2v) is 5.70. The lowest BCUT2D eigenvalue weighted by atomic mass is 10.2. The molecule has 0 unspecified atom stereocenters. The van der Waals surface area contributed by atoms with Crippen LogP contribution in [-0.2, 0) is 11.3 Å². The molecule has 1 rings (SSSR count). The quantitative estimate of drug-likeness (QED) is 0.495. The lowest BCUT2D eigenvalue weighted by Crippen LogP contribution is -2.35. The Bertz CT molecular complexity index is 584. The van der Waals surface area contributed by atoms with Crippen LogP contribution in [0.4, 0.5) is 0 Å². The maximum Gasteiger partial charge on any atom is 0.279 e. The zero-order valence-electron chi connectivity index (χ0n) is 13.5. The number of allylic oxidation sites excluding steroid dienone is 1. The van der Waals surface area contributed by atoms with Crippen LogP contribution in [0.25, 0.3) is 0 Å². The first kappa shape index (κ1) is 19.4. The number of halogens is 1. The third kappa shape index (κ3) is 4.90. The van der Waals surface area contributed by atoms with Crippen molar-refractivity contribution in [3.8, 4) is 0 Å². The average Bonchev–Trinajstić information content (AvgIpc) is 2.80. The highest BCUT2D eigenvalue weighted by Crippen LogP contribution is 2.19. The summed E-state index contributed by atoms with van der Waals surface area (Å²) in [6, 6.07) is 0. The molecule has 8 heteroatoms. The molecule has 1 aromatic rings. The smallest absolute Gasteiger partial charge is 0.279 e. The molecule has 0 bridgehead atoms. The minimum atomic E-state index is -0.312. The molecule has 0 aliphatic heterocycles. The van der Waals surface area contributed by atoms with Gasteiger partial charge in [0, 0.05) is 25.2 Å². The Balaban J connectivity index is 3.11. The van der Waals surface area contributed by atoms with Gasteiger partial charge in [-0.25, -0.2) is 4.98 Å². The van der Waals surface area contributed by atoms with E-state index < -0.39 is 0 Å². The van der Waals surface area contributed by atoms with Crippen molar-refractivity contribution in [1.29, 1.82) is 0 Å². The summed E-state index contributed by atoms with van der Waals surface area (Å²) >= 11 is 3.30. The van der Waals surface area contributed by atoms with Crippen molar-refractivity contribution in [3.63, 3.8) is 0 Å². The van der Waals surface area contributed by atoms with Crippen LogP contribution in [0.2, 0.25) is 0 Å². The highest BCUT2D eigenvalue weighted by atomic mass is 79.9. The van der Waals surface area contributed by atoms with Gasteiger partial charge >= 0.3 is 0 Å². The van der Waals surface area contributed by atoms with Crippen LogP contribution in [0.3, 0.4) is 0 Å². The topological polar surface area (TPSA) is 101 Å². The van der Waals surface area contributed by atoms with Crippen molar-refractivity contribution in [3.05, 3.63) is 28.0 Å². The number of amides is 1. The van der Waals surface area contributed by atoms with E-state index in [9.17, 15) is 9.59 Å². The van der Waals surface area contributed by atoms with Crippen LogP contribution in [0.15, 0.2) is 16.6 Å². The van der Waals surface area contributed by atoms with Gasteiger partial charge in [-0.05, 0) is 41.8 Å². The van der Waals surface area contributed by atoms with Crippen LogP contribution >= 0.6 is 15.9 Å². The molecule has 0 aromatic carbocycles. The fourth-order valence-electron chi connectivity index (χ4n) is 2.19. The van der Waals surface area contributed by atoms with Crippen molar-refractivity contribution < 1.29 is 14.7 Å². The molecule has 0 aliphatic carbocycles. The Morgan fingerprint density at radius 3 is 2.78 bits per heavy atom. The van der Waals surface area contributed by atoms with E-state index in [0.717, 1.165) is 6.29 Å². The summed E-state index contributed by atoms with van der Waals surface area (Å²) in [5.74, 6) is 0.0450. The van der Waals surface area contributed by atoms with Gasteiger partial charge in [-0.15, -0.1) is 0 Å². The van der Waals surface area contributed by atoms with Crippen LogP contribution in [-0.4, -0.2) is 44.9 Å². The van der Waals surface area contributed by atoms with Gasteiger partial charge in [-0.3, -0.25) is 9.69 Å². The second-order valence-electron chi connectivity index (χ2n) is 4.99. The zero-order valence-corrected chi connectivity index (χ0v) is 15.0. The molecular formula is C15H23BrN4O3. The zero-order chi connectivity index (χ0) is 17.4. The average molecular weight is 387 g/mol. The largest absolute Gasteiger partial charge is 0.395 e. The molecule has 0 atom stereocenters. The normalized spacial score (nSPS) is 11.6. The summed E-state index contributed by atoms with van der Waals surface area (Å²) < 4.78 is 2.20. The number of aliphatic hydroxyl groups is 1. The number of hydrogen-bond donors (Lipinski definition) is 2. The standard InChI is InChI=1S/C15H23BrN4O3/c1-3-6-12(17)20(7-4-5-9-21)14(23)13-11(2)19(8-10-22)15(16)18-13/h6,9,22H,3-5,7-8,10,17H2,1-2H3/b12-6+. The molecule has 0 saturated carbocycles. The van der Waals surface area contributed by atoms with Crippen molar-refractivity contribution in [1.82, 2.24) is 14.5 Å². The van der Waals surface area contributed by atoms with Gasteiger partial charge in [0.1, 0.15) is 12.1 Å². The molecule has 0 spiro atoms. The molecule has 0 saturated heterocycles. The molecule has 23 heavy (non-hydrogen) atoms. The van der Waals surface area contributed by atoms with Gasteiger partial charge in [0.15, 0.2) is 10.4 Å². The fraction of sp³-hybridized carbons (Fsp3) is 0.533. The second kappa shape index (κ2) is 9.46. The minimum Gasteiger partial charge on any atom is -0.395 e. The van der Waals surface area contributed by atoms with Crippen molar-refractivity contribution in [2.75, 3.05) is 13.2 Å². The summed E-state index contributed by atoms with van der Waals surface area (Å²) in [5, 5.41) is 9.10. The van der Waals surface area contributed by atoms with Gasteiger partial charge in [0.05, 0.1) is 6.61 Å². The summed E-state index contributed by atoms with van der Waals surface area (Å²) in [4.78, 5) is 29.0. The lowest BCUT2D eigenvalue weighted by Gasteiger charge is -2.22. The number of aldehydes is 1. The predicted octanol–water partition coefficient (Wildman–Crippen LogP) is 1.58. The van der Waals surface area contributed by atoms with E-state index >= 15 is 0 Å². The van der Waals surface area contributed by atoms with Crippen LogP contribution in [0, 0.1) is 6.92 Å². The van der Waals surface area contributed by atoms with Gasteiger partial charge in [0.2, 0.25) is 0 Å². The molecule has 0 aliphatic rings. The number of carbonyl (C=O) groups is 2. The molecule has 1 heterocycles. The third-order valence-corrected chi connectivity index (χ3v) is 3.98. The van der Waals surface area contributed by atoms with E-state index in [-0.39, 0.29) is 18.2 Å². The number of imidazole rings is 1. The highest BCUT2D eigenvalue weighted by molar-refractivity contribution is 9.10. The number of rotatable bonds is 9. The number of unbranched alkanes of at least 4 members (excludes halogenated alkanes) is 1. The summed E-state index contributed by atoms with van der Waals surface area (Å²) in [6.07, 6.45) is 4.18. The van der Waals surface area contributed by atoms with Crippen molar-refractivity contribution >= 4 is 28.1 Å². The molecule has 7 nitrogen and oxygen atoms in total. The first-order chi connectivity index (χ1) is 11.0. The van der Waals surface area contributed by atoms with E-state index in [4.69, 9.17) is 10.8 Å². The number of nitrogens with zero attached hydrogens (tertiary/aromatic N) is 3. The number of aliphatic hydroxyl groups excluding tert-OH is 1. The Morgan fingerprint density at radius 2 is 2.22 bits per heavy atom. The van der Waals surface area contributed by atoms with Gasteiger partial charge < -0.3 is 20.2 Å². The maximum absolute atomic E-state index is 12.8. The summed E-state index contributed by atoms with van der Waals surface area (Å²) in [7, 11) is 0. The van der Waals surface area contributed by atoms with Gasteiger partial charge in [0.25, 0.3) is 5.91 Å². The first-order valence-corrected chi connectivity index (χ1v) is 8.31. The number of carbonyl (C=O) groups excluding carboxylic acids is 2. The van der Waals surface area contributed by atoms with Crippen LogP contribution < -0.4 is 5.73 Å². The lowest BCUT2D eigenvalue weighted by molar-refractivity contribution is -0.108. The van der Waals surface area contributed by atoms with E-state index in [2.05, 4.69) is 20.9 Å². The Kier molecular flexibility index (Phi) is 7.97. The summed E-state index contributed by atoms with van der Waals surface area (Å²) in [5.41, 5.74) is 6.93. The van der Waals surface area contributed by atoms with Crippen molar-refractivity contribution in [2.24, 2.45) is 5.73 Å². The van der Waals surface area contributed by atoms with Gasteiger partial charge in [-0.2, -0.15) is 0 Å². The summed E-state index contributed by atoms with van der Waals surface area (Å²) in [6.45, 7) is 4.34. The van der Waals surface area contributed by atoms with Crippen LogP contribution in [0.1, 0.15) is 42.4 Å². The van der Waals surface area contributed by atoms with Crippen LogP contribution in [0.5, 0.6) is 0 Å². The maximum atomic E-state index is 12.8. The molecule has 0 fully saturated rings. The minimum absolute atomic E-state index is 0.0512. The first-order valence-electron chi connectivity index (χ1n) is 7.52. The number of nitrogens with two attached hydrogens (primary N) is 1. The third-order valence-electron chi connectivity index (χ3n) is 3.37. The number of hydrogen-bond acceptors (Lipinski definition) is 5. The van der Waals surface area contributed by atoms with Gasteiger partial charge in [-0.1, -0.05) is 6.92 Å². The Morgan fingerprint density at radius 1 is 1.52 bits per heavy atom. The monoisotopic (exact) mass is 386 g/mol. The molecule has 128 valence electrons. The fourth-order valence-corrected chi connectivity index (χ4v) is 2.81. The van der Waals surface area contributed by atoms with Crippen molar-refractivity contribution in [2.45, 2.75) is 39.7 Å². The molecule has 0 radical (unpaired) electrons. The highest BCUT2D eigenvalue weighted by Gasteiger charge is 2.24. The van der Waals surface area contributed by atoms with E-state index in [1.54, 1.807) is 17.6 Å². The SMILES string of the molecule is CC/C=C(\N)N(CCCC=O)C(=O)c1nc(Br)n(CCO)c1C. The predicted molar refractivity (Wildman–Crippen MR) is 90.6 cm³/mol.